The highest BCUT2D eigenvalue weighted by atomic mass is 79.9. The summed E-state index contributed by atoms with van der Waals surface area (Å²) in [6.45, 7) is 0.901. The van der Waals surface area contributed by atoms with Crippen LogP contribution in [0.5, 0.6) is 5.75 Å². The summed E-state index contributed by atoms with van der Waals surface area (Å²) in [5, 5.41) is 10.2. The van der Waals surface area contributed by atoms with Crippen molar-refractivity contribution in [2.75, 3.05) is 13.7 Å². The van der Waals surface area contributed by atoms with Gasteiger partial charge in [-0.05, 0) is 65.7 Å². The molecule has 19 heavy (non-hydrogen) atoms. The van der Waals surface area contributed by atoms with E-state index < -0.39 is 6.10 Å². The minimum absolute atomic E-state index is 0.412. The lowest BCUT2D eigenvalue weighted by Crippen LogP contribution is -2.06. The Bertz CT molecular complexity index is 402. The molecule has 0 amide bonds. The number of aliphatic hydroxyl groups is 1. The Balaban J connectivity index is 1.81. The molecule has 1 heterocycles. The van der Waals surface area contributed by atoms with Gasteiger partial charge in [0, 0.05) is 6.61 Å². The van der Waals surface area contributed by atoms with E-state index in [0.717, 1.165) is 41.7 Å². The molecule has 0 aliphatic carbocycles. The molecule has 0 spiro atoms. The number of methoxy groups -OCH3 is 1. The lowest BCUT2D eigenvalue weighted by atomic mass is 10.0. The fourth-order valence-corrected chi connectivity index (χ4v) is 3.03. The Morgan fingerprint density at radius 1 is 1.53 bits per heavy atom. The first-order chi connectivity index (χ1) is 9.20. The predicted molar refractivity (Wildman–Crippen MR) is 78.5 cm³/mol. The molecule has 4 heteroatoms. The van der Waals surface area contributed by atoms with Gasteiger partial charge in [0.1, 0.15) is 5.75 Å². The van der Waals surface area contributed by atoms with E-state index in [1.165, 1.54) is 12.8 Å². The van der Waals surface area contributed by atoms with Crippen molar-refractivity contribution >= 4 is 15.9 Å². The lowest BCUT2D eigenvalue weighted by molar-refractivity contribution is 0.0944. The summed E-state index contributed by atoms with van der Waals surface area (Å²) in [4.78, 5) is 0. The second-order valence-electron chi connectivity index (χ2n) is 4.98. The highest BCUT2D eigenvalue weighted by molar-refractivity contribution is 9.10. The van der Waals surface area contributed by atoms with Crippen molar-refractivity contribution in [2.45, 2.75) is 44.3 Å². The van der Waals surface area contributed by atoms with Crippen LogP contribution in [0.2, 0.25) is 0 Å². The zero-order valence-corrected chi connectivity index (χ0v) is 12.9. The lowest BCUT2D eigenvalue weighted by Gasteiger charge is -2.14. The van der Waals surface area contributed by atoms with Crippen molar-refractivity contribution in [3.8, 4) is 5.75 Å². The summed E-state index contributed by atoms with van der Waals surface area (Å²) in [5.41, 5.74) is 0.931. The Morgan fingerprint density at radius 3 is 3.00 bits per heavy atom. The number of benzene rings is 1. The molecule has 0 aromatic heterocycles. The molecule has 2 atom stereocenters. The second-order valence-corrected chi connectivity index (χ2v) is 5.83. The quantitative estimate of drug-likeness (QED) is 0.862. The van der Waals surface area contributed by atoms with Gasteiger partial charge in [0.25, 0.3) is 0 Å². The molecule has 1 saturated heterocycles. The molecule has 1 aliphatic rings. The predicted octanol–water partition coefficient (Wildman–Crippen LogP) is 3.84. The monoisotopic (exact) mass is 328 g/mol. The zero-order valence-electron chi connectivity index (χ0n) is 11.3. The third-order valence-corrected chi connectivity index (χ3v) is 4.21. The summed E-state index contributed by atoms with van der Waals surface area (Å²) in [6, 6.07) is 5.72. The Labute approximate surface area is 123 Å². The minimum Gasteiger partial charge on any atom is -0.496 e. The van der Waals surface area contributed by atoms with Crippen molar-refractivity contribution in [3.63, 3.8) is 0 Å². The van der Waals surface area contributed by atoms with Gasteiger partial charge < -0.3 is 14.6 Å². The van der Waals surface area contributed by atoms with Gasteiger partial charge in [-0.1, -0.05) is 6.07 Å². The molecule has 106 valence electrons. The van der Waals surface area contributed by atoms with Gasteiger partial charge in [-0.15, -0.1) is 0 Å². The first-order valence-corrected chi connectivity index (χ1v) is 7.63. The smallest absolute Gasteiger partial charge is 0.133 e. The maximum absolute atomic E-state index is 10.2. The fraction of sp³-hybridized carbons (Fsp3) is 0.600. The van der Waals surface area contributed by atoms with E-state index in [1.807, 2.05) is 18.2 Å². The third-order valence-electron chi connectivity index (χ3n) is 3.59. The molecule has 0 radical (unpaired) electrons. The Hall–Kier alpha value is -0.580. The molecule has 1 aromatic carbocycles. The van der Waals surface area contributed by atoms with Crippen LogP contribution in [0.25, 0.3) is 0 Å². The van der Waals surface area contributed by atoms with Crippen molar-refractivity contribution < 1.29 is 14.6 Å². The largest absolute Gasteiger partial charge is 0.496 e. The second kappa shape index (κ2) is 7.27. The summed E-state index contributed by atoms with van der Waals surface area (Å²) >= 11 is 3.44. The molecule has 3 nitrogen and oxygen atoms in total. The van der Waals surface area contributed by atoms with E-state index in [2.05, 4.69) is 15.9 Å². The van der Waals surface area contributed by atoms with Gasteiger partial charge >= 0.3 is 0 Å². The van der Waals surface area contributed by atoms with E-state index in [4.69, 9.17) is 9.47 Å². The minimum atomic E-state index is -0.413. The van der Waals surface area contributed by atoms with E-state index in [1.54, 1.807) is 7.11 Å². The van der Waals surface area contributed by atoms with Crippen LogP contribution in [-0.2, 0) is 4.74 Å². The molecule has 1 N–H and O–H groups in total. The van der Waals surface area contributed by atoms with E-state index in [9.17, 15) is 5.11 Å². The Morgan fingerprint density at radius 2 is 2.37 bits per heavy atom. The summed E-state index contributed by atoms with van der Waals surface area (Å²) in [5.74, 6) is 0.787. The number of halogens is 1. The molecule has 0 saturated carbocycles. The van der Waals surface area contributed by atoms with E-state index in [-0.39, 0.29) is 0 Å². The topological polar surface area (TPSA) is 38.7 Å². The van der Waals surface area contributed by atoms with Gasteiger partial charge in [0.05, 0.1) is 23.8 Å². The molecule has 2 rings (SSSR count). The van der Waals surface area contributed by atoms with Gasteiger partial charge in [-0.2, -0.15) is 0 Å². The van der Waals surface area contributed by atoms with Crippen molar-refractivity contribution in [3.05, 3.63) is 28.2 Å². The number of hydrogen-bond acceptors (Lipinski definition) is 3. The third kappa shape index (κ3) is 4.20. The first kappa shape index (κ1) is 14.8. The molecule has 1 aliphatic heterocycles. The SMILES string of the molecule is COc1ccc(C(O)CCCC2CCCO2)cc1Br. The molecule has 1 aromatic rings. The highest BCUT2D eigenvalue weighted by Crippen LogP contribution is 2.30. The van der Waals surface area contributed by atoms with Crippen molar-refractivity contribution in [1.82, 2.24) is 0 Å². The van der Waals surface area contributed by atoms with Gasteiger partial charge in [0.15, 0.2) is 0 Å². The maximum Gasteiger partial charge on any atom is 0.133 e. The first-order valence-electron chi connectivity index (χ1n) is 6.84. The summed E-state index contributed by atoms with van der Waals surface area (Å²) < 4.78 is 11.6. The number of aliphatic hydroxyl groups excluding tert-OH is 1. The summed E-state index contributed by atoms with van der Waals surface area (Å²) in [6.07, 6.45) is 5.17. The van der Waals surface area contributed by atoms with Gasteiger partial charge in [0.2, 0.25) is 0 Å². The number of ether oxygens (including phenoxy) is 2. The Kier molecular flexibility index (Phi) is 5.67. The van der Waals surface area contributed by atoms with Crippen LogP contribution < -0.4 is 4.74 Å². The molecule has 2 unspecified atom stereocenters. The highest BCUT2D eigenvalue weighted by Gasteiger charge is 2.16. The van der Waals surface area contributed by atoms with Crippen LogP contribution in [0.1, 0.15) is 43.8 Å². The average Bonchev–Trinajstić information content (AvgIpc) is 2.91. The molecular weight excluding hydrogens is 308 g/mol. The number of rotatable bonds is 6. The van der Waals surface area contributed by atoms with Crippen LogP contribution in [0.15, 0.2) is 22.7 Å². The normalized spacial score (nSPS) is 20.5. The van der Waals surface area contributed by atoms with Gasteiger partial charge in [-0.25, -0.2) is 0 Å². The standard InChI is InChI=1S/C15H21BrO3/c1-18-15-8-7-11(10-13(15)16)14(17)6-2-4-12-5-3-9-19-12/h7-8,10,12,14,17H,2-6,9H2,1H3. The van der Waals surface area contributed by atoms with E-state index in [0.29, 0.717) is 6.10 Å². The summed E-state index contributed by atoms with van der Waals surface area (Å²) in [7, 11) is 1.64. The van der Waals surface area contributed by atoms with E-state index >= 15 is 0 Å². The van der Waals surface area contributed by atoms with Crippen LogP contribution in [-0.4, -0.2) is 24.9 Å². The molecule has 0 bridgehead atoms. The number of hydrogen-bond donors (Lipinski definition) is 1. The molecule has 1 fully saturated rings. The van der Waals surface area contributed by atoms with Crippen LogP contribution in [0.4, 0.5) is 0 Å². The maximum atomic E-state index is 10.2. The zero-order chi connectivity index (χ0) is 13.7. The molecular formula is C15H21BrO3. The van der Waals surface area contributed by atoms with Crippen LogP contribution in [0, 0.1) is 0 Å². The average molecular weight is 329 g/mol. The van der Waals surface area contributed by atoms with Gasteiger partial charge in [-0.3, -0.25) is 0 Å². The van der Waals surface area contributed by atoms with Crippen molar-refractivity contribution in [2.24, 2.45) is 0 Å². The fourth-order valence-electron chi connectivity index (χ4n) is 2.47. The van der Waals surface area contributed by atoms with Crippen LogP contribution >= 0.6 is 15.9 Å². The van der Waals surface area contributed by atoms with Crippen molar-refractivity contribution in [1.29, 1.82) is 0 Å². The van der Waals surface area contributed by atoms with Crippen LogP contribution in [0.3, 0.4) is 0 Å².